The summed E-state index contributed by atoms with van der Waals surface area (Å²) in [4.78, 5) is 0. The van der Waals surface area contributed by atoms with Crippen LogP contribution in [-0.4, -0.2) is 13.2 Å². The first kappa shape index (κ1) is 17.9. The number of allylic oxidation sites excluding steroid dienone is 3. The molecule has 0 aromatic heterocycles. The molecule has 0 fully saturated rings. The van der Waals surface area contributed by atoms with E-state index in [9.17, 15) is 4.57 Å². The fraction of sp³-hybridized carbons (Fsp3) is 0.692. The van der Waals surface area contributed by atoms with Gasteiger partial charge < -0.3 is 9.05 Å². The summed E-state index contributed by atoms with van der Waals surface area (Å²) in [7, 11) is -3.21. The van der Waals surface area contributed by atoms with Gasteiger partial charge >= 0.3 is 7.60 Å². The lowest BCUT2D eigenvalue weighted by Gasteiger charge is -2.14. The molecule has 5 heteroatoms. The van der Waals surface area contributed by atoms with Crippen LogP contribution in [0.3, 0.4) is 0 Å². The highest BCUT2D eigenvalue weighted by Gasteiger charge is 2.21. The Hall–Kier alpha value is -0.0800. The largest absolute Gasteiger partial charge is 0.355 e. The highest BCUT2D eigenvalue weighted by Crippen LogP contribution is 2.51. The Morgan fingerprint density at radius 1 is 1.17 bits per heavy atom. The van der Waals surface area contributed by atoms with Crippen LogP contribution in [0.15, 0.2) is 22.5 Å². The predicted octanol–water partition coefficient (Wildman–Crippen LogP) is 5.47. The Balaban J connectivity index is 5.08. The molecule has 0 saturated carbocycles. The summed E-state index contributed by atoms with van der Waals surface area (Å²) < 4.78 is 22.7. The Labute approximate surface area is 116 Å². The number of hydrogen-bond acceptors (Lipinski definition) is 3. The van der Waals surface area contributed by atoms with Crippen LogP contribution in [0.1, 0.15) is 47.0 Å². The van der Waals surface area contributed by atoms with Gasteiger partial charge in [-0.25, -0.2) is 0 Å². The quantitative estimate of drug-likeness (QED) is 0.418. The maximum Gasteiger partial charge on any atom is 0.355 e. The molecule has 0 aromatic carbocycles. The second-order valence-corrected chi connectivity index (χ2v) is 6.00. The summed E-state index contributed by atoms with van der Waals surface area (Å²) in [6.45, 7) is 8.35. The van der Waals surface area contributed by atoms with Gasteiger partial charge in [-0.1, -0.05) is 37.9 Å². The highest BCUT2D eigenvalue weighted by atomic mass is 35.5. The molecule has 0 amide bonds. The van der Waals surface area contributed by atoms with Crippen molar-refractivity contribution in [3.8, 4) is 0 Å². The maximum atomic E-state index is 12.3. The van der Waals surface area contributed by atoms with E-state index in [1.54, 1.807) is 13.8 Å². The standard InChI is InChI=1S/C13H24ClO3P/c1-5-9-12(10-6-2)13(14)11-18(15,16-7-3)17-8-4/h9,11H,5-8,10H2,1-4H3. The first-order valence-electron chi connectivity index (χ1n) is 6.49. The summed E-state index contributed by atoms with van der Waals surface area (Å²) in [6, 6.07) is 0. The molecular formula is C13H24ClO3P. The van der Waals surface area contributed by atoms with E-state index in [1.807, 2.05) is 13.0 Å². The Kier molecular flexibility index (Phi) is 9.76. The summed E-state index contributed by atoms with van der Waals surface area (Å²) in [5.41, 5.74) is 1.00. The lowest BCUT2D eigenvalue weighted by molar-refractivity contribution is 0.229. The Morgan fingerprint density at radius 2 is 1.72 bits per heavy atom. The fourth-order valence-electron chi connectivity index (χ4n) is 1.53. The normalized spacial score (nSPS) is 14.1. The van der Waals surface area contributed by atoms with Crippen LogP contribution in [-0.2, 0) is 13.6 Å². The van der Waals surface area contributed by atoms with E-state index in [0.717, 1.165) is 24.8 Å². The molecule has 0 aromatic rings. The molecule has 106 valence electrons. The molecule has 18 heavy (non-hydrogen) atoms. The van der Waals surface area contributed by atoms with Crippen molar-refractivity contribution in [1.82, 2.24) is 0 Å². The topological polar surface area (TPSA) is 35.5 Å². The molecule has 3 nitrogen and oxygen atoms in total. The zero-order valence-corrected chi connectivity index (χ0v) is 13.4. The van der Waals surface area contributed by atoms with E-state index in [-0.39, 0.29) is 0 Å². The van der Waals surface area contributed by atoms with Gasteiger partial charge in [0.25, 0.3) is 0 Å². The van der Waals surface area contributed by atoms with Gasteiger partial charge in [0, 0.05) is 5.82 Å². The average molecular weight is 295 g/mol. The Morgan fingerprint density at radius 3 is 2.11 bits per heavy atom. The fourth-order valence-corrected chi connectivity index (χ4v) is 3.45. The SMILES string of the molecule is CCC=C(CCC)C(Cl)=CP(=O)(OCC)OCC. The number of halogens is 1. The van der Waals surface area contributed by atoms with Crippen molar-refractivity contribution in [1.29, 1.82) is 0 Å². The number of rotatable bonds is 9. The monoisotopic (exact) mass is 294 g/mol. The number of hydrogen-bond donors (Lipinski definition) is 0. The van der Waals surface area contributed by atoms with E-state index < -0.39 is 7.60 Å². The third-order valence-corrected chi connectivity index (χ3v) is 4.48. The third-order valence-electron chi connectivity index (χ3n) is 2.17. The zero-order chi connectivity index (χ0) is 14.0. The van der Waals surface area contributed by atoms with Crippen LogP contribution in [0.4, 0.5) is 0 Å². The highest BCUT2D eigenvalue weighted by molar-refractivity contribution is 7.57. The molecule has 0 bridgehead atoms. The molecule has 0 rings (SSSR count). The molecule has 0 spiro atoms. The van der Waals surface area contributed by atoms with Crippen LogP contribution in [0, 0.1) is 0 Å². The summed E-state index contributed by atoms with van der Waals surface area (Å²) in [6.07, 6.45) is 4.79. The van der Waals surface area contributed by atoms with Gasteiger partial charge in [-0.05, 0) is 32.3 Å². The van der Waals surface area contributed by atoms with Gasteiger partial charge in [-0.2, -0.15) is 0 Å². The van der Waals surface area contributed by atoms with E-state index >= 15 is 0 Å². The van der Waals surface area contributed by atoms with Crippen molar-refractivity contribution >= 4 is 19.2 Å². The van der Waals surface area contributed by atoms with Crippen molar-refractivity contribution in [3.05, 3.63) is 22.5 Å². The molecule has 0 N–H and O–H groups in total. The van der Waals surface area contributed by atoms with E-state index in [0.29, 0.717) is 18.2 Å². The summed E-state index contributed by atoms with van der Waals surface area (Å²) in [5, 5.41) is 0.476. The van der Waals surface area contributed by atoms with Crippen molar-refractivity contribution in [2.45, 2.75) is 47.0 Å². The molecule has 0 radical (unpaired) electrons. The van der Waals surface area contributed by atoms with Gasteiger partial charge in [-0.3, -0.25) is 4.57 Å². The van der Waals surface area contributed by atoms with Crippen molar-refractivity contribution in [2.24, 2.45) is 0 Å². The predicted molar refractivity (Wildman–Crippen MR) is 78.1 cm³/mol. The lowest BCUT2D eigenvalue weighted by Crippen LogP contribution is -1.94. The van der Waals surface area contributed by atoms with E-state index in [1.165, 1.54) is 5.82 Å². The summed E-state index contributed by atoms with van der Waals surface area (Å²) >= 11 is 6.22. The van der Waals surface area contributed by atoms with E-state index in [2.05, 4.69) is 6.92 Å². The van der Waals surface area contributed by atoms with Crippen LogP contribution >= 0.6 is 19.2 Å². The van der Waals surface area contributed by atoms with Gasteiger partial charge in [-0.15, -0.1) is 0 Å². The second kappa shape index (κ2) is 9.80. The van der Waals surface area contributed by atoms with Crippen LogP contribution in [0.2, 0.25) is 0 Å². The van der Waals surface area contributed by atoms with Crippen LogP contribution < -0.4 is 0 Å². The molecule has 0 saturated heterocycles. The van der Waals surface area contributed by atoms with Crippen molar-refractivity contribution in [3.63, 3.8) is 0 Å². The molecule has 0 aliphatic carbocycles. The molecule has 0 atom stereocenters. The van der Waals surface area contributed by atoms with Gasteiger partial charge in [0.05, 0.1) is 18.2 Å². The summed E-state index contributed by atoms with van der Waals surface area (Å²) in [5.74, 6) is 1.43. The van der Waals surface area contributed by atoms with Gasteiger partial charge in [0.15, 0.2) is 0 Å². The van der Waals surface area contributed by atoms with Crippen LogP contribution in [0.5, 0.6) is 0 Å². The molecule has 0 aliphatic heterocycles. The Bertz CT molecular complexity index is 327. The first-order valence-corrected chi connectivity index (χ1v) is 8.48. The van der Waals surface area contributed by atoms with Gasteiger partial charge in [0.1, 0.15) is 0 Å². The lowest BCUT2D eigenvalue weighted by atomic mass is 10.1. The molecular weight excluding hydrogens is 271 g/mol. The van der Waals surface area contributed by atoms with E-state index in [4.69, 9.17) is 20.6 Å². The van der Waals surface area contributed by atoms with Crippen LogP contribution in [0.25, 0.3) is 0 Å². The average Bonchev–Trinajstić information content (AvgIpc) is 2.29. The van der Waals surface area contributed by atoms with Crippen molar-refractivity contribution < 1.29 is 13.6 Å². The molecule has 0 aliphatic rings. The minimum atomic E-state index is -3.21. The smallest absolute Gasteiger partial charge is 0.306 e. The van der Waals surface area contributed by atoms with Gasteiger partial charge in [0.2, 0.25) is 0 Å². The molecule has 0 unspecified atom stereocenters. The molecule has 0 heterocycles. The minimum Gasteiger partial charge on any atom is -0.306 e. The first-order chi connectivity index (χ1) is 8.52. The zero-order valence-electron chi connectivity index (χ0n) is 11.7. The van der Waals surface area contributed by atoms with Crippen molar-refractivity contribution in [2.75, 3.05) is 13.2 Å². The third kappa shape index (κ3) is 6.75. The minimum absolute atomic E-state index is 0.332. The maximum absolute atomic E-state index is 12.3. The second-order valence-electron chi connectivity index (χ2n) is 3.74.